The lowest BCUT2D eigenvalue weighted by Crippen LogP contribution is -1.90. The van der Waals surface area contributed by atoms with Crippen molar-refractivity contribution in [3.8, 4) is 0 Å². The van der Waals surface area contributed by atoms with Crippen LogP contribution in [0.2, 0.25) is 0 Å². The van der Waals surface area contributed by atoms with Gasteiger partial charge in [-0.1, -0.05) is 23.9 Å². The van der Waals surface area contributed by atoms with Crippen LogP contribution in [-0.4, -0.2) is 0 Å². The zero-order valence-electron chi connectivity index (χ0n) is 12.7. The molecule has 0 saturated carbocycles. The largest absolute Gasteiger partial charge is 0.0895 e. The van der Waals surface area contributed by atoms with E-state index in [4.69, 9.17) is 0 Å². The average molecular weight is 270 g/mol. The average Bonchev–Trinajstić information content (AvgIpc) is 2.32. The summed E-state index contributed by atoms with van der Waals surface area (Å²) in [5, 5.41) is 0. The molecule has 0 radical (unpaired) electrons. The molecule has 100 valence electrons. The Balaban J connectivity index is 2.42. The first-order chi connectivity index (χ1) is 8.88. The molecule has 0 atom stereocenters. The molecule has 19 heavy (non-hydrogen) atoms. The van der Waals surface area contributed by atoms with E-state index in [0.29, 0.717) is 0 Å². The summed E-state index contributed by atoms with van der Waals surface area (Å²) in [6, 6.07) is 9.19. The van der Waals surface area contributed by atoms with E-state index in [0.717, 1.165) is 0 Å². The van der Waals surface area contributed by atoms with Crippen LogP contribution in [0.4, 0.5) is 0 Å². The summed E-state index contributed by atoms with van der Waals surface area (Å²) < 4.78 is 0. The van der Waals surface area contributed by atoms with Gasteiger partial charge in [-0.2, -0.15) is 0 Å². The van der Waals surface area contributed by atoms with Crippen LogP contribution in [0.25, 0.3) is 0 Å². The van der Waals surface area contributed by atoms with Crippen molar-refractivity contribution < 1.29 is 0 Å². The van der Waals surface area contributed by atoms with Crippen molar-refractivity contribution in [1.82, 2.24) is 0 Å². The molecule has 0 fully saturated rings. The molecule has 0 aromatic heterocycles. The molecule has 1 heteroatoms. The van der Waals surface area contributed by atoms with Gasteiger partial charge in [0, 0.05) is 9.79 Å². The highest BCUT2D eigenvalue weighted by Gasteiger charge is 2.07. The molecule has 2 rings (SSSR count). The van der Waals surface area contributed by atoms with Crippen molar-refractivity contribution in [3.05, 3.63) is 57.6 Å². The minimum absolute atomic E-state index is 1.37. The Kier molecular flexibility index (Phi) is 4.05. The van der Waals surface area contributed by atoms with Crippen LogP contribution >= 0.6 is 11.8 Å². The minimum Gasteiger partial charge on any atom is -0.0895 e. The van der Waals surface area contributed by atoms with Crippen molar-refractivity contribution in [3.63, 3.8) is 0 Å². The molecule has 0 aliphatic carbocycles. The van der Waals surface area contributed by atoms with Gasteiger partial charge in [0.15, 0.2) is 0 Å². The minimum atomic E-state index is 1.37. The number of aryl methyl sites for hydroxylation is 6. The Bertz CT molecular complexity index is 569. The van der Waals surface area contributed by atoms with E-state index in [2.05, 4.69) is 65.8 Å². The summed E-state index contributed by atoms with van der Waals surface area (Å²) in [5.74, 6) is 0. The molecule has 0 spiro atoms. The predicted molar refractivity (Wildman–Crippen MR) is 85.4 cm³/mol. The summed E-state index contributed by atoms with van der Waals surface area (Å²) in [6.45, 7) is 13.1. The SMILES string of the molecule is Cc1cc(C)c(Sc2cc(C)c(C)cc2C)cc1C. The third-order valence-electron chi connectivity index (χ3n) is 3.80. The Morgan fingerprint density at radius 1 is 0.474 bits per heavy atom. The van der Waals surface area contributed by atoms with Crippen LogP contribution in [0.5, 0.6) is 0 Å². The molecule has 0 aliphatic heterocycles. The highest BCUT2D eigenvalue weighted by molar-refractivity contribution is 7.99. The van der Waals surface area contributed by atoms with Gasteiger partial charge in [-0.15, -0.1) is 0 Å². The standard InChI is InChI=1S/C18H22S/c1-11-7-15(5)17(9-13(11)3)19-18-10-14(4)12(2)8-16(18)6/h7-10H,1-6H3. The maximum Gasteiger partial charge on any atom is 0.0154 e. The first kappa shape index (κ1) is 14.2. The van der Waals surface area contributed by atoms with Crippen molar-refractivity contribution in [2.45, 2.75) is 51.3 Å². The summed E-state index contributed by atoms with van der Waals surface area (Å²) >= 11 is 1.89. The van der Waals surface area contributed by atoms with E-state index in [1.54, 1.807) is 0 Å². The molecule has 0 nitrogen and oxygen atoms in total. The molecule has 2 aromatic carbocycles. The Morgan fingerprint density at radius 2 is 0.789 bits per heavy atom. The summed E-state index contributed by atoms with van der Waals surface area (Å²) in [5.41, 5.74) is 8.22. The molecule has 0 aliphatic rings. The lowest BCUT2D eigenvalue weighted by atomic mass is 10.1. The zero-order valence-corrected chi connectivity index (χ0v) is 13.5. The summed E-state index contributed by atoms with van der Waals surface area (Å²) in [4.78, 5) is 2.74. The van der Waals surface area contributed by atoms with Gasteiger partial charge >= 0.3 is 0 Å². The molecule has 0 saturated heterocycles. The quantitative estimate of drug-likeness (QED) is 0.675. The topological polar surface area (TPSA) is 0 Å². The van der Waals surface area contributed by atoms with Crippen molar-refractivity contribution in [1.29, 1.82) is 0 Å². The third-order valence-corrected chi connectivity index (χ3v) is 5.12. The molecule has 0 bridgehead atoms. The van der Waals surface area contributed by atoms with E-state index < -0.39 is 0 Å². The van der Waals surface area contributed by atoms with Gasteiger partial charge in [-0.3, -0.25) is 0 Å². The van der Waals surface area contributed by atoms with Crippen LogP contribution in [0, 0.1) is 41.5 Å². The highest BCUT2D eigenvalue weighted by Crippen LogP contribution is 2.35. The molecule has 2 aromatic rings. The Morgan fingerprint density at radius 3 is 1.16 bits per heavy atom. The fourth-order valence-electron chi connectivity index (χ4n) is 2.21. The lowest BCUT2D eigenvalue weighted by molar-refractivity contribution is 1.18. The third kappa shape index (κ3) is 3.03. The second-order valence-electron chi connectivity index (χ2n) is 5.51. The normalized spacial score (nSPS) is 10.8. The van der Waals surface area contributed by atoms with Gasteiger partial charge < -0.3 is 0 Å². The fraction of sp³-hybridized carbons (Fsp3) is 0.333. The second kappa shape index (κ2) is 5.42. The van der Waals surface area contributed by atoms with E-state index >= 15 is 0 Å². The molecule has 0 unspecified atom stereocenters. The van der Waals surface area contributed by atoms with Gasteiger partial charge in [0.1, 0.15) is 0 Å². The van der Waals surface area contributed by atoms with Crippen LogP contribution in [0.15, 0.2) is 34.1 Å². The molecular formula is C18H22S. The lowest BCUT2D eigenvalue weighted by Gasteiger charge is -2.13. The van der Waals surface area contributed by atoms with E-state index in [9.17, 15) is 0 Å². The number of hydrogen-bond acceptors (Lipinski definition) is 1. The molecule has 0 heterocycles. The number of benzene rings is 2. The highest BCUT2D eigenvalue weighted by atomic mass is 32.2. The van der Waals surface area contributed by atoms with E-state index in [-0.39, 0.29) is 0 Å². The monoisotopic (exact) mass is 270 g/mol. The first-order valence-corrected chi connectivity index (χ1v) is 7.53. The first-order valence-electron chi connectivity index (χ1n) is 6.72. The van der Waals surface area contributed by atoms with Crippen molar-refractivity contribution in [2.24, 2.45) is 0 Å². The van der Waals surface area contributed by atoms with Gasteiger partial charge in [-0.25, -0.2) is 0 Å². The number of rotatable bonds is 2. The smallest absolute Gasteiger partial charge is 0.0154 e. The maximum atomic E-state index is 2.31. The van der Waals surface area contributed by atoms with Gasteiger partial charge in [-0.05, 0) is 87.1 Å². The predicted octanol–water partition coefficient (Wildman–Crippen LogP) is 5.69. The Hall–Kier alpha value is -1.21. The Labute approximate surface area is 121 Å². The molecule has 0 amide bonds. The summed E-state index contributed by atoms with van der Waals surface area (Å²) in [6.07, 6.45) is 0. The number of hydrogen-bond donors (Lipinski definition) is 0. The van der Waals surface area contributed by atoms with Gasteiger partial charge in [0.25, 0.3) is 0 Å². The fourth-order valence-corrected chi connectivity index (χ4v) is 3.35. The van der Waals surface area contributed by atoms with Crippen LogP contribution < -0.4 is 0 Å². The zero-order chi connectivity index (χ0) is 14.2. The van der Waals surface area contributed by atoms with Crippen LogP contribution in [0.3, 0.4) is 0 Å². The summed E-state index contributed by atoms with van der Waals surface area (Å²) in [7, 11) is 0. The maximum absolute atomic E-state index is 2.31. The van der Waals surface area contributed by atoms with E-state index in [1.165, 1.54) is 43.2 Å². The van der Waals surface area contributed by atoms with Gasteiger partial charge in [0.05, 0.1) is 0 Å². The van der Waals surface area contributed by atoms with E-state index in [1.807, 2.05) is 11.8 Å². The van der Waals surface area contributed by atoms with Gasteiger partial charge in [0.2, 0.25) is 0 Å². The second-order valence-corrected chi connectivity index (χ2v) is 6.59. The van der Waals surface area contributed by atoms with Crippen molar-refractivity contribution >= 4 is 11.8 Å². The van der Waals surface area contributed by atoms with Crippen LogP contribution in [-0.2, 0) is 0 Å². The van der Waals surface area contributed by atoms with Crippen molar-refractivity contribution in [2.75, 3.05) is 0 Å². The van der Waals surface area contributed by atoms with Crippen LogP contribution in [0.1, 0.15) is 33.4 Å². The molecule has 0 N–H and O–H groups in total. The molecular weight excluding hydrogens is 248 g/mol.